The summed E-state index contributed by atoms with van der Waals surface area (Å²) < 4.78 is 32.2. The molecule has 1 fully saturated rings. The van der Waals surface area contributed by atoms with Crippen LogP contribution < -0.4 is 9.46 Å². The van der Waals surface area contributed by atoms with E-state index in [1.54, 1.807) is 11.8 Å². The molecule has 0 spiro atoms. The number of carbonyl (C=O) groups is 1. The molecule has 0 aromatic heterocycles. The zero-order valence-corrected chi connectivity index (χ0v) is 14.8. The quantitative estimate of drug-likeness (QED) is 0.871. The van der Waals surface area contributed by atoms with Crippen molar-refractivity contribution in [2.75, 3.05) is 20.2 Å². The molecular formula is C15H21ClN2O4S. The van der Waals surface area contributed by atoms with E-state index < -0.39 is 16.1 Å². The minimum Gasteiger partial charge on any atom is -0.495 e. The second kappa shape index (κ2) is 7.51. The molecule has 23 heavy (non-hydrogen) atoms. The van der Waals surface area contributed by atoms with E-state index in [0.29, 0.717) is 18.8 Å². The molecule has 2 rings (SSSR count). The molecular weight excluding hydrogens is 340 g/mol. The van der Waals surface area contributed by atoms with Crippen LogP contribution in [0.4, 0.5) is 0 Å². The Balaban J connectivity index is 2.10. The Bertz CT molecular complexity index is 672. The third-order valence-corrected chi connectivity index (χ3v) is 5.64. The highest BCUT2D eigenvalue weighted by Gasteiger charge is 2.27. The van der Waals surface area contributed by atoms with Gasteiger partial charge in [-0.05, 0) is 44.4 Å². The summed E-state index contributed by atoms with van der Waals surface area (Å²) in [6.07, 6.45) is 3.02. The minimum absolute atomic E-state index is 0.00148. The van der Waals surface area contributed by atoms with E-state index in [-0.39, 0.29) is 15.8 Å². The second-order valence-corrected chi connectivity index (χ2v) is 7.65. The zero-order valence-electron chi connectivity index (χ0n) is 13.2. The van der Waals surface area contributed by atoms with Gasteiger partial charge in [0.05, 0.1) is 23.1 Å². The first kappa shape index (κ1) is 18.0. The van der Waals surface area contributed by atoms with Crippen LogP contribution in [0, 0.1) is 0 Å². The van der Waals surface area contributed by atoms with Crippen molar-refractivity contribution in [3.8, 4) is 5.75 Å². The maximum absolute atomic E-state index is 12.4. The molecule has 1 N–H and O–H groups in total. The molecule has 6 nitrogen and oxygen atoms in total. The maximum atomic E-state index is 12.4. The molecule has 1 aliphatic rings. The summed E-state index contributed by atoms with van der Waals surface area (Å²) in [6, 6.07) is 3.36. The van der Waals surface area contributed by atoms with E-state index in [0.717, 1.165) is 19.3 Å². The van der Waals surface area contributed by atoms with Crippen LogP contribution in [-0.4, -0.2) is 45.5 Å². The number of carbonyl (C=O) groups excluding carboxylic acids is 1. The van der Waals surface area contributed by atoms with Crippen LogP contribution in [0.5, 0.6) is 5.75 Å². The Kier molecular flexibility index (Phi) is 5.89. The monoisotopic (exact) mass is 360 g/mol. The molecule has 8 heteroatoms. The van der Waals surface area contributed by atoms with Crippen LogP contribution in [0.2, 0.25) is 5.02 Å². The fourth-order valence-corrected chi connectivity index (χ4v) is 4.10. The maximum Gasteiger partial charge on any atom is 0.241 e. The third-order valence-electron chi connectivity index (χ3n) is 3.80. The normalized spacial score (nSPS) is 16.9. The average Bonchev–Trinajstić information content (AvgIpc) is 2.54. The van der Waals surface area contributed by atoms with Gasteiger partial charge >= 0.3 is 0 Å². The summed E-state index contributed by atoms with van der Waals surface area (Å²) in [5.41, 5.74) is 0. The Labute approximate surface area is 141 Å². The van der Waals surface area contributed by atoms with Crippen LogP contribution in [0.3, 0.4) is 0 Å². The molecule has 1 unspecified atom stereocenters. The third kappa shape index (κ3) is 4.37. The Morgan fingerprint density at radius 3 is 2.52 bits per heavy atom. The van der Waals surface area contributed by atoms with E-state index in [2.05, 4.69) is 4.72 Å². The van der Waals surface area contributed by atoms with E-state index in [9.17, 15) is 13.2 Å². The van der Waals surface area contributed by atoms with Gasteiger partial charge in [-0.3, -0.25) is 4.79 Å². The number of methoxy groups -OCH3 is 1. The molecule has 1 aromatic rings. The zero-order chi connectivity index (χ0) is 17.0. The number of piperidine rings is 1. The first-order valence-corrected chi connectivity index (χ1v) is 9.36. The van der Waals surface area contributed by atoms with Gasteiger partial charge in [-0.1, -0.05) is 11.6 Å². The van der Waals surface area contributed by atoms with Gasteiger partial charge in [-0.25, -0.2) is 8.42 Å². The molecule has 1 amide bonds. The minimum atomic E-state index is -3.83. The fraction of sp³-hybridized carbons (Fsp3) is 0.533. The molecule has 0 radical (unpaired) electrons. The van der Waals surface area contributed by atoms with Crippen molar-refractivity contribution in [1.29, 1.82) is 0 Å². The number of sulfonamides is 1. The van der Waals surface area contributed by atoms with Crippen LogP contribution in [-0.2, 0) is 14.8 Å². The number of nitrogens with zero attached hydrogens (tertiary/aromatic N) is 1. The number of ether oxygens (including phenoxy) is 1. The molecule has 1 heterocycles. The largest absolute Gasteiger partial charge is 0.495 e. The number of rotatable bonds is 5. The SMILES string of the molecule is COc1ccc(S(=O)(=O)NC(C)C(=O)N2CCCCC2)cc1Cl. The highest BCUT2D eigenvalue weighted by molar-refractivity contribution is 7.89. The highest BCUT2D eigenvalue weighted by Crippen LogP contribution is 2.27. The Morgan fingerprint density at radius 2 is 1.96 bits per heavy atom. The van der Waals surface area contributed by atoms with Crippen LogP contribution in [0.1, 0.15) is 26.2 Å². The molecule has 128 valence electrons. The first-order chi connectivity index (χ1) is 10.8. The lowest BCUT2D eigenvalue weighted by molar-refractivity contribution is -0.133. The topological polar surface area (TPSA) is 75.7 Å². The van der Waals surface area contributed by atoms with E-state index in [1.165, 1.54) is 25.3 Å². The van der Waals surface area contributed by atoms with Crippen LogP contribution in [0.15, 0.2) is 23.1 Å². The second-order valence-electron chi connectivity index (χ2n) is 5.53. The molecule has 1 aromatic carbocycles. The molecule has 1 aliphatic heterocycles. The number of likely N-dealkylation sites (tertiary alicyclic amines) is 1. The standard InChI is InChI=1S/C15H21ClN2O4S/c1-11(15(19)18-8-4-3-5-9-18)17-23(20,21)12-6-7-14(22-2)13(16)10-12/h6-7,10-11,17H,3-5,8-9H2,1-2H3. The summed E-state index contributed by atoms with van der Waals surface area (Å²) in [4.78, 5) is 14.0. The van der Waals surface area contributed by atoms with Gasteiger partial charge in [0.25, 0.3) is 0 Å². The van der Waals surface area contributed by atoms with Gasteiger partial charge < -0.3 is 9.64 Å². The fourth-order valence-electron chi connectivity index (χ4n) is 2.55. The van der Waals surface area contributed by atoms with Gasteiger partial charge in [0.2, 0.25) is 15.9 Å². The molecule has 0 saturated carbocycles. The van der Waals surface area contributed by atoms with Crippen molar-refractivity contribution in [3.05, 3.63) is 23.2 Å². The molecule has 1 saturated heterocycles. The van der Waals surface area contributed by atoms with Crippen molar-refractivity contribution in [1.82, 2.24) is 9.62 Å². The number of amides is 1. The summed E-state index contributed by atoms with van der Waals surface area (Å²) in [7, 11) is -2.38. The van der Waals surface area contributed by atoms with Crippen molar-refractivity contribution in [2.45, 2.75) is 37.1 Å². The number of hydrogen-bond donors (Lipinski definition) is 1. The van der Waals surface area contributed by atoms with E-state index in [4.69, 9.17) is 16.3 Å². The molecule has 0 bridgehead atoms. The molecule has 0 aliphatic carbocycles. The van der Waals surface area contributed by atoms with E-state index >= 15 is 0 Å². The van der Waals surface area contributed by atoms with Gasteiger partial charge in [0.1, 0.15) is 5.75 Å². The number of halogens is 1. The Hall–Kier alpha value is -1.31. The van der Waals surface area contributed by atoms with Gasteiger partial charge in [0, 0.05) is 13.1 Å². The number of nitrogens with one attached hydrogen (secondary N) is 1. The Morgan fingerprint density at radius 1 is 1.30 bits per heavy atom. The highest BCUT2D eigenvalue weighted by atomic mass is 35.5. The van der Waals surface area contributed by atoms with Crippen molar-refractivity contribution < 1.29 is 17.9 Å². The average molecular weight is 361 g/mol. The lowest BCUT2D eigenvalue weighted by Gasteiger charge is -2.29. The van der Waals surface area contributed by atoms with Crippen LogP contribution in [0.25, 0.3) is 0 Å². The summed E-state index contributed by atoms with van der Waals surface area (Å²) >= 11 is 5.96. The first-order valence-electron chi connectivity index (χ1n) is 7.50. The van der Waals surface area contributed by atoms with Crippen molar-refractivity contribution >= 4 is 27.5 Å². The predicted octanol–water partition coefficient (Wildman–Crippen LogP) is 2.03. The van der Waals surface area contributed by atoms with Crippen molar-refractivity contribution in [3.63, 3.8) is 0 Å². The van der Waals surface area contributed by atoms with Gasteiger partial charge in [0.15, 0.2) is 0 Å². The number of hydrogen-bond acceptors (Lipinski definition) is 4. The van der Waals surface area contributed by atoms with Gasteiger partial charge in [-0.2, -0.15) is 4.72 Å². The molecule has 1 atom stereocenters. The lowest BCUT2D eigenvalue weighted by Crippen LogP contribution is -2.48. The predicted molar refractivity (Wildman–Crippen MR) is 88.2 cm³/mol. The van der Waals surface area contributed by atoms with E-state index in [1.807, 2.05) is 0 Å². The summed E-state index contributed by atoms with van der Waals surface area (Å²) in [5, 5.41) is 0.199. The number of benzene rings is 1. The smallest absolute Gasteiger partial charge is 0.241 e. The summed E-state index contributed by atoms with van der Waals surface area (Å²) in [6.45, 7) is 2.91. The van der Waals surface area contributed by atoms with Crippen LogP contribution >= 0.6 is 11.6 Å². The lowest BCUT2D eigenvalue weighted by atomic mass is 10.1. The van der Waals surface area contributed by atoms with Gasteiger partial charge in [-0.15, -0.1) is 0 Å². The van der Waals surface area contributed by atoms with Crippen molar-refractivity contribution in [2.24, 2.45) is 0 Å². The summed E-state index contributed by atoms with van der Waals surface area (Å²) in [5.74, 6) is 0.191.